The van der Waals surface area contributed by atoms with Crippen LogP contribution in [0.25, 0.3) is 0 Å². The number of hydrazine groups is 1. The lowest BCUT2D eigenvalue weighted by Gasteiger charge is -2.08. The van der Waals surface area contributed by atoms with Crippen molar-refractivity contribution >= 4 is 17.7 Å². The molecular formula is C11H15FN2O3S. The Balaban J connectivity index is 2.66. The second-order valence-corrected chi connectivity index (χ2v) is 4.66. The number of thioether (sulfide) groups is 1. The second-order valence-electron chi connectivity index (χ2n) is 3.63. The Bertz CT molecular complexity index is 417. The van der Waals surface area contributed by atoms with Gasteiger partial charge in [0.25, 0.3) is 5.91 Å². The van der Waals surface area contributed by atoms with Gasteiger partial charge in [-0.2, -0.15) is 11.8 Å². The van der Waals surface area contributed by atoms with Crippen LogP contribution in [0.2, 0.25) is 0 Å². The predicted molar refractivity (Wildman–Crippen MR) is 67.3 cm³/mol. The summed E-state index contributed by atoms with van der Waals surface area (Å²) in [7, 11) is 0. The van der Waals surface area contributed by atoms with E-state index in [1.165, 1.54) is 30.0 Å². The van der Waals surface area contributed by atoms with Crippen molar-refractivity contribution in [1.82, 2.24) is 5.43 Å². The smallest absolute Gasteiger partial charge is 0.265 e. The lowest BCUT2D eigenvalue weighted by atomic mass is 10.1. The van der Waals surface area contributed by atoms with E-state index >= 15 is 0 Å². The third-order valence-corrected chi connectivity index (χ3v) is 3.35. The Morgan fingerprint density at radius 2 is 2.28 bits per heavy atom. The summed E-state index contributed by atoms with van der Waals surface area (Å²) in [4.78, 5) is 11.3. The Morgan fingerprint density at radius 3 is 2.89 bits per heavy atom. The third kappa shape index (κ3) is 4.26. The number of hydrogen-bond acceptors (Lipinski definition) is 5. The Labute approximate surface area is 108 Å². The van der Waals surface area contributed by atoms with Crippen LogP contribution < -0.4 is 11.3 Å². The molecule has 7 heteroatoms. The Morgan fingerprint density at radius 1 is 1.56 bits per heavy atom. The molecule has 0 fully saturated rings. The lowest BCUT2D eigenvalue weighted by Crippen LogP contribution is -2.30. The van der Waals surface area contributed by atoms with E-state index in [0.717, 1.165) is 0 Å². The van der Waals surface area contributed by atoms with Gasteiger partial charge in [0.15, 0.2) is 0 Å². The molecule has 0 saturated carbocycles. The first kappa shape index (κ1) is 14.9. The van der Waals surface area contributed by atoms with E-state index in [1.807, 2.05) is 5.43 Å². The molecule has 5 nitrogen and oxygen atoms in total. The van der Waals surface area contributed by atoms with E-state index in [2.05, 4.69) is 0 Å². The molecule has 1 aromatic rings. The van der Waals surface area contributed by atoms with Crippen LogP contribution in [-0.2, 0) is 5.75 Å². The molecule has 1 amide bonds. The molecule has 0 saturated heterocycles. The molecule has 0 bridgehead atoms. The zero-order chi connectivity index (χ0) is 13.5. The highest BCUT2D eigenvalue weighted by Gasteiger charge is 2.09. The van der Waals surface area contributed by atoms with Crippen LogP contribution in [0.1, 0.15) is 15.9 Å². The van der Waals surface area contributed by atoms with Crippen molar-refractivity contribution in [2.24, 2.45) is 5.84 Å². The molecule has 1 atom stereocenters. The zero-order valence-electron chi connectivity index (χ0n) is 9.60. The van der Waals surface area contributed by atoms with E-state index < -0.39 is 17.8 Å². The standard InChI is InChI=1S/C11H15FN2O3S/c12-10-2-1-7(11(17)14-13)3-8(10)5-18-6-9(16)4-15/h1-3,9,15-16H,4-6,13H2,(H,14,17). The van der Waals surface area contributed by atoms with Crippen LogP contribution in [0.4, 0.5) is 4.39 Å². The number of amides is 1. The van der Waals surface area contributed by atoms with Crippen LogP contribution in [-0.4, -0.2) is 34.6 Å². The highest BCUT2D eigenvalue weighted by molar-refractivity contribution is 7.98. The number of hydrogen-bond donors (Lipinski definition) is 4. The van der Waals surface area contributed by atoms with Crippen molar-refractivity contribution in [2.45, 2.75) is 11.9 Å². The molecule has 0 heterocycles. The number of nitrogen functional groups attached to an aromatic ring is 1. The average molecular weight is 274 g/mol. The van der Waals surface area contributed by atoms with E-state index in [-0.39, 0.29) is 12.2 Å². The van der Waals surface area contributed by atoms with Gasteiger partial charge in [-0.3, -0.25) is 10.2 Å². The van der Waals surface area contributed by atoms with Crippen molar-refractivity contribution in [3.05, 3.63) is 35.1 Å². The fraction of sp³-hybridized carbons (Fsp3) is 0.364. The van der Waals surface area contributed by atoms with E-state index in [4.69, 9.17) is 16.1 Å². The zero-order valence-corrected chi connectivity index (χ0v) is 10.4. The number of nitrogens with one attached hydrogen (secondary N) is 1. The first-order valence-electron chi connectivity index (χ1n) is 5.24. The van der Waals surface area contributed by atoms with Crippen LogP contribution >= 0.6 is 11.8 Å². The summed E-state index contributed by atoms with van der Waals surface area (Å²) < 4.78 is 13.5. The molecule has 0 aliphatic carbocycles. The molecule has 18 heavy (non-hydrogen) atoms. The summed E-state index contributed by atoms with van der Waals surface area (Å²) in [6.07, 6.45) is -0.825. The number of carbonyl (C=O) groups is 1. The van der Waals surface area contributed by atoms with Crippen molar-refractivity contribution < 1.29 is 19.4 Å². The largest absolute Gasteiger partial charge is 0.394 e. The van der Waals surface area contributed by atoms with Gasteiger partial charge in [-0.1, -0.05) is 0 Å². The fourth-order valence-electron chi connectivity index (χ4n) is 1.27. The highest BCUT2D eigenvalue weighted by atomic mass is 32.2. The number of aliphatic hydroxyl groups excluding tert-OH is 2. The monoisotopic (exact) mass is 274 g/mol. The second kappa shape index (κ2) is 7.32. The SMILES string of the molecule is NNC(=O)c1ccc(F)c(CSCC(O)CO)c1. The van der Waals surface area contributed by atoms with Gasteiger partial charge < -0.3 is 10.2 Å². The predicted octanol–water partition coefficient (Wildman–Crippen LogP) is 0.0156. The van der Waals surface area contributed by atoms with Crippen LogP contribution in [0.15, 0.2) is 18.2 Å². The van der Waals surface area contributed by atoms with Crippen molar-refractivity contribution in [1.29, 1.82) is 0 Å². The van der Waals surface area contributed by atoms with Gasteiger partial charge >= 0.3 is 0 Å². The van der Waals surface area contributed by atoms with Gasteiger partial charge in [-0.25, -0.2) is 10.2 Å². The molecule has 0 aromatic heterocycles. The first-order chi connectivity index (χ1) is 8.58. The molecule has 1 rings (SSSR count). The topological polar surface area (TPSA) is 95.6 Å². The van der Waals surface area contributed by atoms with Crippen molar-refractivity contribution in [3.63, 3.8) is 0 Å². The number of nitrogens with two attached hydrogens (primary N) is 1. The van der Waals surface area contributed by atoms with Gasteiger partial charge in [0.1, 0.15) is 5.82 Å². The molecule has 0 aliphatic rings. The number of halogens is 1. The number of benzene rings is 1. The van der Waals surface area contributed by atoms with E-state index in [0.29, 0.717) is 17.1 Å². The number of rotatable bonds is 6. The fourth-order valence-corrected chi connectivity index (χ4v) is 2.20. The Kier molecular flexibility index (Phi) is 6.06. The van der Waals surface area contributed by atoms with Gasteiger partial charge in [0.2, 0.25) is 0 Å². The highest BCUT2D eigenvalue weighted by Crippen LogP contribution is 2.18. The maximum atomic E-state index is 13.5. The minimum atomic E-state index is -0.825. The first-order valence-corrected chi connectivity index (χ1v) is 6.40. The summed E-state index contributed by atoms with van der Waals surface area (Å²) in [5, 5.41) is 17.8. The summed E-state index contributed by atoms with van der Waals surface area (Å²) >= 11 is 1.27. The molecule has 0 spiro atoms. The summed E-state index contributed by atoms with van der Waals surface area (Å²) in [6.45, 7) is -0.328. The maximum Gasteiger partial charge on any atom is 0.265 e. The summed E-state index contributed by atoms with van der Waals surface area (Å²) in [6, 6.07) is 3.95. The van der Waals surface area contributed by atoms with Gasteiger partial charge in [0, 0.05) is 17.1 Å². The van der Waals surface area contributed by atoms with Crippen molar-refractivity contribution in [2.75, 3.05) is 12.4 Å². The van der Waals surface area contributed by atoms with Gasteiger partial charge in [0.05, 0.1) is 12.7 Å². The normalized spacial score (nSPS) is 12.2. The van der Waals surface area contributed by atoms with Crippen LogP contribution in [0, 0.1) is 5.82 Å². The molecular weight excluding hydrogens is 259 g/mol. The van der Waals surface area contributed by atoms with Crippen molar-refractivity contribution in [3.8, 4) is 0 Å². The lowest BCUT2D eigenvalue weighted by molar-refractivity contribution is 0.0953. The number of carbonyl (C=O) groups excluding carboxylic acids is 1. The molecule has 100 valence electrons. The molecule has 0 aliphatic heterocycles. The molecule has 1 aromatic carbocycles. The Hall–Kier alpha value is -1.15. The van der Waals surface area contributed by atoms with Gasteiger partial charge in [-0.15, -0.1) is 0 Å². The maximum absolute atomic E-state index is 13.5. The summed E-state index contributed by atoms with van der Waals surface area (Å²) in [5.41, 5.74) is 2.60. The number of aliphatic hydroxyl groups is 2. The quantitative estimate of drug-likeness (QED) is 0.333. The van der Waals surface area contributed by atoms with Gasteiger partial charge in [-0.05, 0) is 23.8 Å². The molecule has 1 unspecified atom stereocenters. The third-order valence-electron chi connectivity index (χ3n) is 2.22. The summed E-state index contributed by atoms with van der Waals surface area (Å²) in [5.74, 6) is 4.67. The molecule has 5 N–H and O–H groups in total. The van der Waals surface area contributed by atoms with Crippen LogP contribution in [0.3, 0.4) is 0 Å². The van der Waals surface area contributed by atoms with E-state index in [9.17, 15) is 9.18 Å². The molecule has 0 radical (unpaired) electrons. The minimum absolute atomic E-state index is 0.275. The minimum Gasteiger partial charge on any atom is -0.394 e. The van der Waals surface area contributed by atoms with Crippen LogP contribution in [0.5, 0.6) is 0 Å². The van der Waals surface area contributed by atoms with E-state index in [1.54, 1.807) is 0 Å². The average Bonchev–Trinajstić information content (AvgIpc) is 2.39.